The Balaban J connectivity index is 2.46. The van der Waals surface area contributed by atoms with Gasteiger partial charge in [0.1, 0.15) is 0 Å². The minimum atomic E-state index is -4.46. The zero-order valence-electron chi connectivity index (χ0n) is 12.5. The third-order valence-corrected chi connectivity index (χ3v) is 3.84. The highest BCUT2D eigenvalue weighted by Crippen LogP contribution is 2.36. The van der Waals surface area contributed by atoms with Gasteiger partial charge in [0.25, 0.3) is 5.79 Å². The molecule has 0 saturated carbocycles. The van der Waals surface area contributed by atoms with E-state index in [1.54, 1.807) is 6.26 Å². The quantitative estimate of drug-likeness (QED) is 0.465. The molecule has 0 radical (unpaired) electrons. The summed E-state index contributed by atoms with van der Waals surface area (Å²) in [5.74, 6) is -3.10. The summed E-state index contributed by atoms with van der Waals surface area (Å²) in [5, 5.41) is 0. The summed E-state index contributed by atoms with van der Waals surface area (Å²) in [7, 11) is 0. The Morgan fingerprint density at radius 1 is 1.04 bits per heavy atom. The molecule has 0 spiro atoms. The van der Waals surface area contributed by atoms with Crippen LogP contribution < -0.4 is 0 Å². The normalized spacial score (nSPS) is 17.6. The number of hydrogen-bond acceptors (Lipinski definition) is 5. The lowest BCUT2D eigenvalue weighted by Crippen LogP contribution is -2.42. The molecule has 8 heteroatoms. The van der Waals surface area contributed by atoms with Crippen molar-refractivity contribution < 1.29 is 32.2 Å². The smallest absolute Gasteiger partial charge is 0.416 e. The molecule has 1 aliphatic heterocycles. The molecule has 4 nitrogen and oxygen atoms in total. The minimum Gasteiger partial charge on any atom is -0.419 e. The number of ether oxygens (including phenoxy) is 2. The van der Waals surface area contributed by atoms with E-state index in [4.69, 9.17) is 9.47 Å². The standard InChI is InChI=1S/C15H13F3O4S/c1-14(2)21-12(19)10(13(20)22-14)11(23-3)8-4-6-9(7-5-8)15(16,17)18/h4-7H,1-3H3. The van der Waals surface area contributed by atoms with Crippen molar-refractivity contribution in [1.82, 2.24) is 0 Å². The average molecular weight is 346 g/mol. The number of carbonyl (C=O) groups excluding carboxylic acids is 2. The van der Waals surface area contributed by atoms with Gasteiger partial charge in [-0.2, -0.15) is 13.2 Å². The highest BCUT2D eigenvalue weighted by molar-refractivity contribution is 8.07. The van der Waals surface area contributed by atoms with Crippen LogP contribution >= 0.6 is 11.8 Å². The van der Waals surface area contributed by atoms with Crippen LogP contribution in [0.2, 0.25) is 0 Å². The van der Waals surface area contributed by atoms with Gasteiger partial charge in [0, 0.05) is 18.8 Å². The van der Waals surface area contributed by atoms with Crippen LogP contribution in [0.25, 0.3) is 4.91 Å². The van der Waals surface area contributed by atoms with Crippen molar-refractivity contribution in [2.24, 2.45) is 0 Å². The topological polar surface area (TPSA) is 52.6 Å². The van der Waals surface area contributed by atoms with E-state index in [9.17, 15) is 22.8 Å². The summed E-state index contributed by atoms with van der Waals surface area (Å²) < 4.78 is 47.8. The van der Waals surface area contributed by atoms with E-state index in [1.807, 2.05) is 0 Å². The summed E-state index contributed by atoms with van der Waals surface area (Å²) in [6, 6.07) is 4.16. The van der Waals surface area contributed by atoms with Crippen LogP contribution in [-0.4, -0.2) is 24.0 Å². The summed E-state index contributed by atoms with van der Waals surface area (Å²) in [5.41, 5.74) is -0.840. The maximum absolute atomic E-state index is 12.6. The number of benzene rings is 1. The summed E-state index contributed by atoms with van der Waals surface area (Å²) in [4.78, 5) is 24.3. The van der Waals surface area contributed by atoms with Gasteiger partial charge >= 0.3 is 18.1 Å². The average Bonchev–Trinajstić information content (AvgIpc) is 2.41. The monoisotopic (exact) mass is 346 g/mol. The van der Waals surface area contributed by atoms with E-state index < -0.39 is 29.5 Å². The maximum atomic E-state index is 12.6. The Morgan fingerprint density at radius 3 is 1.91 bits per heavy atom. The number of thioether (sulfide) groups is 1. The Kier molecular flexibility index (Phi) is 4.48. The Morgan fingerprint density at radius 2 is 1.52 bits per heavy atom. The van der Waals surface area contributed by atoms with Crippen molar-refractivity contribution in [1.29, 1.82) is 0 Å². The van der Waals surface area contributed by atoms with Gasteiger partial charge in [-0.25, -0.2) is 9.59 Å². The number of carbonyl (C=O) groups is 2. The third kappa shape index (κ3) is 3.69. The van der Waals surface area contributed by atoms with E-state index in [2.05, 4.69) is 0 Å². The highest BCUT2D eigenvalue weighted by Gasteiger charge is 2.41. The molecule has 124 valence electrons. The van der Waals surface area contributed by atoms with Crippen LogP contribution in [-0.2, 0) is 25.2 Å². The lowest BCUT2D eigenvalue weighted by molar-refractivity contribution is -0.222. The molecule has 0 amide bonds. The molecule has 0 atom stereocenters. The van der Waals surface area contributed by atoms with E-state index in [0.29, 0.717) is 5.56 Å². The third-order valence-electron chi connectivity index (χ3n) is 2.99. The lowest BCUT2D eigenvalue weighted by Gasteiger charge is -2.30. The molecule has 0 aliphatic carbocycles. The largest absolute Gasteiger partial charge is 0.419 e. The van der Waals surface area contributed by atoms with Crippen molar-refractivity contribution in [3.63, 3.8) is 0 Å². The first kappa shape index (κ1) is 17.4. The zero-order valence-corrected chi connectivity index (χ0v) is 13.3. The lowest BCUT2D eigenvalue weighted by atomic mass is 10.1. The number of alkyl halides is 3. The zero-order chi connectivity index (χ0) is 17.4. The molecule has 23 heavy (non-hydrogen) atoms. The first-order valence-electron chi connectivity index (χ1n) is 6.48. The summed E-state index contributed by atoms with van der Waals surface area (Å²) in [6.07, 6.45) is -2.86. The number of hydrogen-bond donors (Lipinski definition) is 0. The second kappa shape index (κ2) is 5.92. The summed E-state index contributed by atoms with van der Waals surface area (Å²) >= 11 is 1.05. The number of cyclic esters (lactones) is 2. The molecule has 0 unspecified atom stereocenters. The van der Waals surface area contributed by atoms with Crippen LogP contribution in [0.4, 0.5) is 13.2 Å². The first-order valence-corrected chi connectivity index (χ1v) is 7.70. The van der Waals surface area contributed by atoms with Gasteiger partial charge in [0.15, 0.2) is 5.57 Å². The van der Waals surface area contributed by atoms with Gasteiger partial charge in [-0.3, -0.25) is 0 Å². The SMILES string of the molecule is CSC(=C1C(=O)OC(C)(C)OC1=O)c1ccc(C(F)(F)F)cc1. The Bertz CT molecular complexity index is 653. The Labute approximate surface area is 134 Å². The predicted molar refractivity (Wildman–Crippen MR) is 78.1 cm³/mol. The Hall–Kier alpha value is -1.96. The van der Waals surface area contributed by atoms with E-state index in [1.165, 1.54) is 26.0 Å². The highest BCUT2D eigenvalue weighted by atomic mass is 32.2. The number of esters is 2. The van der Waals surface area contributed by atoms with Crippen LogP contribution in [0, 0.1) is 0 Å². The molecule has 1 aromatic carbocycles. The fraction of sp³-hybridized carbons (Fsp3) is 0.333. The molecule has 1 aliphatic rings. The molecule has 2 rings (SSSR count). The van der Waals surface area contributed by atoms with Gasteiger partial charge in [0.2, 0.25) is 0 Å². The molecule has 1 saturated heterocycles. The predicted octanol–water partition coefficient (Wildman–Crippen LogP) is 3.62. The van der Waals surface area contributed by atoms with Gasteiger partial charge < -0.3 is 9.47 Å². The van der Waals surface area contributed by atoms with Crippen molar-refractivity contribution in [2.75, 3.05) is 6.26 Å². The van der Waals surface area contributed by atoms with Crippen LogP contribution in [0.1, 0.15) is 25.0 Å². The second-order valence-electron chi connectivity index (χ2n) is 5.16. The van der Waals surface area contributed by atoms with E-state index in [-0.39, 0.29) is 10.5 Å². The molecule has 0 aromatic heterocycles. The molecule has 0 N–H and O–H groups in total. The van der Waals surface area contributed by atoms with Crippen LogP contribution in [0.5, 0.6) is 0 Å². The molecular formula is C15H13F3O4S. The fourth-order valence-corrected chi connectivity index (χ4v) is 2.76. The number of rotatable bonds is 2. The van der Waals surface area contributed by atoms with Gasteiger partial charge in [-0.15, -0.1) is 11.8 Å². The van der Waals surface area contributed by atoms with Gasteiger partial charge in [-0.05, 0) is 24.0 Å². The second-order valence-corrected chi connectivity index (χ2v) is 5.98. The van der Waals surface area contributed by atoms with Gasteiger partial charge in [-0.1, -0.05) is 12.1 Å². The molecule has 0 bridgehead atoms. The van der Waals surface area contributed by atoms with Crippen LogP contribution in [0.15, 0.2) is 29.8 Å². The van der Waals surface area contributed by atoms with Crippen LogP contribution in [0.3, 0.4) is 0 Å². The maximum Gasteiger partial charge on any atom is 0.416 e. The molecule has 1 aromatic rings. The van der Waals surface area contributed by atoms with Crippen molar-refractivity contribution in [3.05, 3.63) is 41.0 Å². The van der Waals surface area contributed by atoms with Crippen molar-refractivity contribution >= 4 is 28.6 Å². The van der Waals surface area contributed by atoms with Crippen molar-refractivity contribution in [2.45, 2.75) is 25.8 Å². The van der Waals surface area contributed by atoms with Gasteiger partial charge in [0.05, 0.1) is 5.56 Å². The number of halogens is 3. The molecular weight excluding hydrogens is 333 g/mol. The minimum absolute atomic E-state index is 0.198. The molecule has 1 heterocycles. The molecule has 1 fully saturated rings. The summed E-state index contributed by atoms with van der Waals surface area (Å²) in [6.45, 7) is 2.83. The fourth-order valence-electron chi connectivity index (χ4n) is 2.01. The van der Waals surface area contributed by atoms with E-state index >= 15 is 0 Å². The first-order chi connectivity index (χ1) is 10.5. The van der Waals surface area contributed by atoms with Crippen molar-refractivity contribution in [3.8, 4) is 0 Å². The van der Waals surface area contributed by atoms with E-state index in [0.717, 1.165) is 23.9 Å².